The first-order valence-electron chi connectivity index (χ1n) is 7.25. The lowest BCUT2D eigenvalue weighted by Crippen LogP contribution is -2.06. The van der Waals surface area contributed by atoms with E-state index in [1.54, 1.807) is 12.1 Å². The molecule has 1 atom stereocenters. The first-order chi connectivity index (χ1) is 10.5. The van der Waals surface area contributed by atoms with Crippen molar-refractivity contribution in [2.45, 2.75) is 33.6 Å². The molecule has 2 rings (SSSR count). The Labute approximate surface area is 132 Å². The van der Waals surface area contributed by atoms with Crippen LogP contribution in [0.25, 0.3) is 0 Å². The summed E-state index contributed by atoms with van der Waals surface area (Å²) in [5.41, 5.74) is 5.18. The van der Waals surface area contributed by atoms with Gasteiger partial charge in [-0.25, -0.2) is 0 Å². The molecule has 0 aliphatic carbocycles. The predicted octanol–water partition coefficient (Wildman–Crippen LogP) is 4.75. The highest BCUT2D eigenvalue weighted by Crippen LogP contribution is 2.20. The highest BCUT2D eigenvalue weighted by molar-refractivity contribution is 7.17. The molecule has 3 nitrogen and oxygen atoms in total. The van der Waals surface area contributed by atoms with Crippen molar-refractivity contribution in [1.29, 1.82) is 0 Å². The fraction of sp³-hybridized carbons (Fsp3) is 0.278. The highest BCUT2D eigenvalue weighted by Gasteiger charge is 2.13. The van der Waals surface area contributed by atoms with E-state index in [9.17, 15) is 9.36 Å². The molecular formula is C18H20O3P+. The van der Waals surface area contributed by atoms with E-state index in [2.05, 4.69) is 12.1 Å². The van der Waals surface area contributed by atoms with Gasteiger partial charge in [0, 0.05) is 12.0 Å². The number of carbonyl (C=O) groups is 1. The van der Waals surface area contributed by atoms with Gasteiger partial charge in [-0.15, -0.1) is 0 Å². The van der Waals surface area contributed by atoms with Crippen LogP contribution in [-0.4, -0.2) is 5.78 Å². The molecule has 0 aliphatic heterocycles. The van der Waals surface area contributed by atoms with Crippen molar-refractivity contribution in [1.82, 2.24) is 0 Å². The largest absolute Gasteiger partial charge is 0.542 e. The predicted molar refractivity (Wildman–Crippen MR) is 89.4 cm³/mol. The van der Waals surface area contributed by atoms with E-state index >= 15 is 0 Å². The summed E-state index contributed by atoms with van der Waals surface area (Å²) < 4.78 is 15.3. The lowest BCUT2D eigenvalue weighted by Gasteiger charge is -2.10. The summed E-state index contributed by atoms with van der Waals surface area (Å²) >= 11 is 0. The van der Waals surface area contributed by atoms with Gasteiger partial charge in [-0.1, -0.05) is 29.8 Å². The van der Waals surface area contributed by atoms with Gasteiger partial charge in [-0.05, 0) is 60.6 Å². The highest BCUT2D eigenvalue weighted by atomic mass is 31.1. The second kappa shape index (κ2) is 7.33. The quantitative estimate of drug-likeness (QED) is 0.571. The first-order valence-corrected chi connectivity index (χ1v) is 8.07. The van der Waals surface area contributed by atoms with Crippen LogP contribution in [0.4, 0.5) is 0 Å². The van der Waals surface area contributed by atoms with Crippen molar-refractivity contribution in [2.75, 3.05) is 0 Å². The molecule has 1 unspecified atom stereocenters. The SMILES string of the molecule is Cc1cc(C)c(C(=O)CCc2ccc(O[PH+]=O)cc2)c(C)c1. The second-order valence-corrected chi connectivity index (χ2v) is 5.90. The maximum Gasteiger partial charge on any atom is 0.542 e. The molecule has 0 aromatic heterocycles. The van der Waals surface area contributed by atoms with Crippen LogP contribution in [0.15, 0.2) is 36.4 Å². The lowest BCUT2D eigenvalue weighted by molar-refractivity contribution is 0.0981. The zero-order valence-corrected chi connectivity index (χ0v) is 14.1. The molecule has 0 saturated carbocycles. The number of aryl methyl sites for hydroxylation is 4. The maximum atomic E-state index is 12.5. The van der Waals surface area contributed by atoms with E-state index in [1.165, 1.54) is 5.56 Å². The number of benzene rings is 2. The Morgan fingerprint density at radius 1 is 1.05 bits per heavy atom. The van der Waals surface area contributed by atoms with Crippen LogP contribution in [0.1, 0.15) is 39.0 Å². The van der Waals surface area contributed by atoms with Crippen molar-refractivity contribution in [3.63, 3.8) is 0 Å². The van der Waals surface area contributed by atoms with Crippen molar-refractivity contribution in [3.8, 4) is 5.75 Å². The molecule has 2 aromatic carbocycles. The summed E-state index contributed by atoms with van der Waals surface area (Å²) in [5, 5.41) is 0. The van der Waals surface area contributed by atoms with Crippen LogP contribution in [-0.2, 0) is 11.0 Å². The third-order valence-corrected chi connectivity index (χ3v) is 4.00. The molecule has 0 bridgehead atoms. The molecule has 0 N–H and O–H groups in total. The van der Waals surface area contributed by atoms with E-state index in [1.807, 2.05) is 32.9 Å². The van der Waals surface area contributed by atoms with Crippen molar-refractivity contribution in [2.24, 2.45) is 0 Å². The summed E-state index contributed by atoms with van der Waals surface area (Å²) in [6, 6.07) is 11.4. The monoisotopic (exact) mass is 315 g/mol. The number of rotatable bonds is 6. The fourth-order valence-electron chi connectivity index (χ4n) is 2.77. The Bertz CT molecular complexity index is 667. The molecule has 0 radical (unpaired) electrons. The van der Waals surface area contributed by atoms with Crippen LogP contribution in [0.2, 0.25) is 0 Å². The van der Waals surface area contributed by atoms with Crippen molar-refractivity contribution >= 4 is 14.5 Å². The third kappa shape index (κ3) is 4.02. The second-order valence-electron chi connectivity index (χ2n) is 5.53. The van der Waals surface area contributed by atoms with Crippen LogP contribution in [0.3, 0.4) is 0 Å². The summed E-state index contributed by atoms with van der Waals surface area (Å²) in [5.74, 6) is 0.755. The average molecular weight is 315 g/mol. The Morgan fingerprint density at radius 2 is 1.64 bits per heavy atom. The van der Waals surface area contributed by atoms with Crippen molar-refractivity contribution < 1.29 is 13.9 Å². The van der Waals surface area contributed by atoms with Gasteiger partial charge < -0.3 is 0 Å². The van der Waals surface area contributed by atoms with E-state index < -0.39 is 8.69 Å². The summed E-state index contributed by atoms with van der Waals surface area (Å²) in [6.07, 6.45) is 1.17. The van der Waals surface area contributed by atoms with Gasteiger partial charge in [0.05, 0.1) is 0 Å². The molecule has 0 saturated heterocycles. The zero-order chi connectivity index (χ0) is 16.1. The third-order valence-electron chi connectivity index (χ3n) is 3.68. The molecule has 2 aromatic rings. The Balaban J connectivity index is 2.05. The van der Waals surface area contributed by atoms with E-state index in [4.69, 9.17) is 4.52 Å². The molecule has 22 heavy (non-hydrogen) atoms. The Hall–Kier alpha value is -1.99. The van der Waals surface area contributed by atoms with Crippen molar-refractivity contribution in [3.05, 3.63) is 64.2 Å². The smallest absolute Gasteiger partial charge is 0.294 e. The molecule has 114 valence electrons. The van der Waals surface area contributed by atoms with Crippen LogP contribution < -0.4 is 4.52 Å². The van der Waals surface area contributed by atoms with Gasteiger partial charge in [0.15, 0.2) is 11.5 Å². The maximum absolute atomic E-state index is 12.5. The van der Waals surface area contributed by atoms with Gasteiger partial charge in [-0.2, -0.15) is 0 Å². The van der Waals surface area contributed by atoms with Crippen LogP contribution in [0.5, 0.6) is 5.75 Å². The van der Waals surface area contributed by atoms with Gasteiger partial charge in [0.1, 0.15) is 0 Å². The lowest BCUT2D eigenvalue weighted by atomic mass is 9.93. The summed E-state index contributed by atoms with van der Waals surface area (Å²) in [7, 11) is -0.798. The minimum Gasteiger partial charge on any atom is -0.294 e. The molecule has 0 heterocycles. The van der Waals surface area contributed by atoms with Crippen LogP contribution >= 0.6 is 8.69 Å². The molecular weight excluding hydrogens is 295 g/mol. The fourth-order valence-corrected chi connectivity index (χ4v) is 3.01. The number of Topliss-reactive ketones (excluding diaryl/α,β-unsaturated/α-hetero) is 1. The molecule has 0 fully saturated rings. The standard InChI is InChI=1S/C18H20O3P/c1-12-10-13(2)18(14(3)11-12)17(19)9-6-15-4-7-16(8-5-15)21-22-20/h4-5,7-8,10-11,22H,6,9H2,1-3H3/q+1. The number of carbonyl (C=O) groups excluding carboxylic acids is 1. The molecule has 4 heteroatoms. The van der Waals surface area contributed by atoms with E-state index in [0.29, 0.717) is 18.6 Å². The molecule has 0 spiro atoms. The van der Waals surface area contributed by atoms with Gasteiger partial charge in [-0.3, -0.25) is 9.32 Å². The average Bonchev–Trinajstić information content (AvgIpc) is 2.46. The van der Waals surface area contributed by atoms with E-state index in [-0.39, 0.29) is 5.78 Å². The minimum absolute atomic E-state index is 0.177. The van der Waals surface area contributed by atoms with Crippen LogP contribution in [0, 0.1) is 20.8 Å². The summed E-state index contributed by atoms with van der Waals surface area (Å²) in [4.78, 5) is 12.5. The van der Waals surface area contributed by atoms with Gasteiger partial charge in [0.2, 0.25) is 0 Å². The van der Waals surface area contributed by atoms with Gasteiger partial charge in [0.25, 0.3) is 0 Å². The topological polar surface area (TPSA) is 43.4 Å². The molecule has 0 aliphatic rings. The van der Waals surface area contributed by atoms with E-state index in [0.717, 1.165) is 22.3 Å². The number of ketones is 1. The first kappa shape index (κ1) is 16.4. The summed E-state index contributed by atoms with van der Waals surface area (Å²) in [6.45, 7) is 6.02. The number of hydrogen-bond donors (Lipinski definition) is 0. The Morgan fingerprint density at radius 3 is 2.18 bits per heavy atom. The minimum atomic E-state index is -0.798. The zero-order valence-electron chi connectivity index (χ0n) is 13.1. The normalized spacial score (nSPS) is 10.7. The number of hydrogen-bond acceptors (Lipinski definition) is 3. The Kier molecular flexibility index (Phi) is 5.46. The van der Waals surface area contributed by atoms with Gasteiger partial charge >= 0.3 is 8.69 Å². The molecule has 0 amide bonds.